The van der Waals surface area contributed by atoms with Crippen LogP contribution in [0.1, 0.15) is 10.4 Å². The first kappa shape index (κ1) is 16.3. The first-order valence-electron chi connectivity index (χ1n) is 8.32. The van der Waals surface area contributed by atoms with E-state index in [-0.39, 0.29) is 23.2 Å². The number of amides is 1. The van der Waals surface area contributed by atoms with E-state index in [0.717, 1.165) is 23.1 Å². The second-order valence-electron chi connectivity index (χ2n) is 5.99. The van der Waals surface area contributed by atoms with E-state index in [0.29, 0.717) is 19.8 Å². The van der Waals surface area contributed by atoms with E-state index in [1.54, 1.807) is 12.0 Å². The number of aromatic nitrogens is 3. The van der Waals surface area contributed by atoms with Gasteiger partial charge in [-0.25, -0.2) is 9.97 Å². The number of hydrogen-bond donors (Lipinski definition) is 1. The van der Waals surface area contributed by atoms with Crippen LogP contribution in [-0.4, -0.2) is 47.3 Å². The van der Waals surface area contributed by atoms with Gasteiger partial charge < -0.3 is 24.7 Å². The number of anilines is 2. The predicted octanol–water partition coefficient (Wildman–Crippen LogP) is 1.70. The molecule has 0 saturated heterocycles. The third kappa shape index (κ3) is 2.74. The van der Waals surface area contributed by atoms with E-state index in [9.17, 15) is 4.79 Å². The second kappa shape index (κ2) is 6.64. The molecule has 26 heavy (non-hydrogen) atoms. The average Bonchev–Trinajstić information content (AvgIpc) is 2.96. The highest BCUT2D eigenvalue weighted by Gasteiger charge is 2.28. The molecule has 1 aliphatic heterocycles. The highest BCUT2D eigenvalue weighted by molar-refractivity contribution is 6.11. The van der Waals surface area contributed by atoms with Gasteiger partial charge in [0.25, 0.3) is 5.91 Å². The fourth-order valence-corrected chi connectivity index (χ4v) is 3.15. The van der Waals surface area contributed by atoms with Crippen LogP contribution in [0.25, 0.3) is 10.9 Å². The Balaban J connectivity index is 1.71. The number of ether oxygens (including phenoxy) is 2. The van der Waals surface area contributed by atoms with Crippen LogP contribution in [0.4, 0.5) is 11.5 Å². The molecule has 1 aliphatic rings. The minimum absolute atomic E-state index is 0.124. The number of hydrogen-bond acceptors (Lipinski definition) is 6. The molecule has 0 aliphatic carbocycles. The van der Waals surface area contributed by atoms with Gasteiger partial charge in [0.05, 0.1) is 13.2 Å². The minimum Gasteiger partial charge on any atom is -0.475 e. The summed E-state index contributed by atoms with van der Waals surface area (Å²) in [6.45, 7) is 2.16. The third-order valence-corrected chi connectivity index (χ3v) is 4.46. The van der Waals surface area contributed by atoms with Crippen LogP contribution in [0.5, 0.6) is 5.88 Å². The van der Waals surface area contributed by atoms with Crippen molar-refractivity contribution < 1.29 is 14.3 Å². The Morgan fingerprint density at radius 3 is 3.04 bits per heavy atom. The molecule has 1 amide bonds. The molecule has 3 heterocycles. The van der Waals surface area contributed by atoms with Crippen molar-refractivity contribution in [2.24, 2.45) is 0 Å². The summed E-state index contributed by atoms with van der Waals surface area (Å²) in [4.78, 5) is 22.6. The molecular weight excluding hydrogens is 334 g/mol. The molecule has 8 nitrogen and oxygen atoms in total. The SMILES string of the molecule is COCCn1ccc2cc(N3CCOc4ncnc(N)c4C3=O)ccc21. The highest BCUT2D eigenvalue weighted by atomic mass is 16.5. The smallest absolute Gasteiger partial charge is 0.267 e. The molecular formula is C18H19N5O3. The summed E-state index contributed by atoms with van der Waals surface area (Å²) in [5.74, 6) is 0.101. The third-order valence-electron chi connectivity index (χ3n) is 4.46. The van der Waals surface area contributed by atoms with Gasteiger partial charge in [0.2, 0.25) is 5.88 Å². The van der Waals surface area contributed by atoms with Gasteiger partial charge in [-0.2, -0.15) is 0 Å². The number of nitrogens with zero attached hydrogens (tertiary/aromatic N) is 4. The molecule has 0 fully saturated rings. The number of nitrogens with two attached hydrogens (primary N) is 1. The maximum atomic E-state index is 13.0. The molecule has 2 N–H and O–H groups in total. The van der Waals surface area contributed by atoms with Crippen LogP contribution in [0.3, 0.4) is 0 Å². The van der Waals surface area contributed by atoms with Crippen molar-refractivity contribution in [3.05, 3.63) is 42.4 Å². The maximum Gasteiger partial charge on any atom is 0.267 e. The normalized spacial score (nSPS) is 14.2. The van der Waals surface area contributed by atoms with E-state index in [2.05, 4.69) is 14.5 Å². The Morgan fingerprint density at radius 2 is 2.19 bits per heavy atom. The summed E-state index contributed by atoms with van der Waals surface area (Å²) in [5, 5.41) is 1.05. The first-order valence-corrected chi connectivity index (χ1v) is 8.32. The number of methoxy groups -OCH3 is 1. The van der Waals surface area contributed by atoms with Gasteiger partial charge in [-0.3, -0.25) is 4.79 Å². The summed E-state index contributed by atoms with van der Waals surface area (Å²) in [6.07, 6.45) is 3.31. The monoisotopic (exact) mass is 353 g/mol. The molecule has 0 spiro atoms. The Bertz CT molecular complexity index is 969. The molecule has 2 aromatic heterocycles. The fourth-order valence-electron chi connectivity index (χ4n) is 3.15. The zero-order chi connectivity index (χ0) is 18.1. The lowest BCUT2D eigenvalue weighted by Gasteiger charge is -2.20. The molecule has 3 aromatic rings. The van der Waals surface area contributed by atoms with Gasteiger partial charge in [0.15, 0.2) is 0 Å². The lowest BCUT2D eigenvalue weighted by atomic mass is 10.2. The summed E-state index contributed by atoms with van der Waals surface area (Å²) in [6, 6.07) is 7.94. The van der Waals surface area contributed by atoms with Crippen molar-refractivity contribution in [2.75, 3.05) is 37.5 Å². The van der Waals surface area contributed by atoms with E-state index in [1.165, 1.54) is 6.33 Å². The molecule has 0 radical (unpaired) electrons. The van der Waals surface area contributed by atoms with E-state index in [4.69, 9.17) is 15.2 Å². The standard InChI is InChI=1S/C18H19N5O3/c1-25-8-6-22-5-4-12-10-13(2-3-14(12)22)23-7-9-26-17-15(18(23)24)16(19)20-11-21-17/h2-5,10-11H,6-9H2,1H3,(H2,19,20,21). The van der Waals surface area contributed by atoms with Crippen molar-refractivity contribution >= 4 is 28.3 Å². The Kier molecular flexibility index (Phi) is 4.18. The molecule has 4 rings (SSSR count). The van der Waals surface area contributed by atoms with E-state index >= 15 is 0 Å². The summed E-state index contributed by atoms with van der Waals surface area (Å²) in [7, 11) is 1.68. The van der Waals surface area contributed by atoms with Crippen LogP contribution >= 0.6 is 0 Å². The van der Waals surface area contributed by atoms with Gasteiger partial charge >= 0.3 is 0 Å². The summed E-state index contributed by atoms with van der Waals surface area (Å²) >= 11 is 0. The van der Waals surface area contributed by atoms with Crippen molar-refractivity contribution in [2.45, 2.75) is 6.54 Å². The lowest BCUT2D eigenvalue weighted by molar-refractivity contribution is 0.0990. The zero-order valence-electron chi connectivity index (χ0n) is 14.4. The van der Waals surface area contributed by atoms with Crippen LogP contribution in [0.15, 0.2) is 36.8 Å². The lowest BCUT2D eigenvalue weighted by Crippen LogP contribution is -2.32. The quantitative estimate of drug-likeness (QED) is 0.767. The van der Waals surface area contributed by atoms with Crippen LogP contribution in [-0.2, 0) is 11.3 Å². The van der Waals surface area contributed by atoms with Crippen LogP contribution < -0.4 is 15.4 Å². The van der Waals surface area contributed by atoms with E-state index in [1.807, 2.05) is 30.5 Å². The van der Waals surface area contributed by atoms with Crippen LogP contribution in [0.2, 0.25) is 0 Å². The number of benzene rings is 1. The van der Waals surface area contributed by atoms with Crippen molar-refractivity contribution in [3.8, 4) is 5.88 Å². The molecule has 0 unspecified atom stereocenters. The Morgan fingerprint density at radius 1 is 1.31 bits per heavy atom. The number of rotatable bonds is 4. The van der Waals surface area contributed by atoms with E-state index < -0.39 is 0 Å². The topological polar surface area (TPSA) is 95.5 Å². The van der Waals surface area contributed by atoms with Gasteiger partial charge in [0.1, 0.15) is 24.3 Å². The van der Waals surface area contributed by atoms with Gasteiger partial charge in [-0.15, -0.1) is 0 Å². The number of carbonyl (C=O) groups is 1. The molecule has 0 bridgehead atoms. The molecule has 0 atom stereocenters. The van der Waals surface area contributed by atoms with Crippen molar-refractivity contribution in [3.63, 3.8) is 0 Å². The second-order valence-corrected chi connectivity index (χ2v) is 5.99. The summed E-state index contributed by atoms with van der Waals surface area (Å²) in [5.41, 5.74) is 7.97. The van der Waals surface area contributed by atoms with Gasteiger partial charge in [-0.05, 0) is 24.3 Å². The van der Waals surface area contributed by atoms with Crippen LogP contribution in [0, 0.1) is 0 Å². The number of carbonyl (C=O) groups excluding carboxylic acids is 1. The van der Waals surface area contributed by atoms with Gasteiger partial charge in [0, 0.05) is 36.4 Å². The number of nitrogen functional groups attached to an aromatic ring is 1. The maximum absolute atomic E-state index is 13.0. The molecule has 1 aromatic carbocycles. The zero-order valence-corrected chi connectivity index (χ0v) is 14.4. The minimum atomic E-state index is -0.256. The molecule has 8 heteroatoms. The average molecular weight is 353 g/mol. The summed E-state index contributed by atoms with van der Waals surface area (Å²) < 4.78 is 12.8. The Labute approximate surface area is 150 Å². The van der Waals surface area contributed by atoms with Crippen molar-refractivity contribution in [1.82, 2.24) is 14.5 Å². The largest absolute Gasteiger partial charge is 0.475 e. The number of fused-ring (bicyclic) bond motifs is 2. The highest BCUT2D eigenvalue weighted by Crippen LogP contribution is 2.29. The molecule has 134 valence electrons. The molecule has 0 saturated carbocycles. The first-order chi connectivity index (χ1) is 12.7. The fraction of sp³-hybridized carbons (Fsp3) is 0.278. The van der Waals surface area contributed by atoms with Gasteiger partial charge in [-0.1, -0.05) is 0 Å². The van der Waals surface area contributed by atoms with Crippen molar-refractivity contribution in [1.29, 1.82) is 0 Å². The Hall–Kier alpha value is -3.13. The predicted molar refractivity (Wildman–Crippen MR) is 97.4 cm³/mol.